The molecule has 9 heteroatoms. The molecule has 0 spiro atoms. The molecular weight excluding hydrogens is 445 g/mol. The van der Waals surface area contributed by atoms with Crippen LogP contribution in [-0.4, -0.2) is 44.9 Å². The van der Waals surface area contributed by atoms with Gasteiger partial charge in [-0.15, -0.1) is 0 Å². The van der Waals surface area contributed by atoms with E-state index in [2.05, 4.69) is 18.7 Å². The van der Waals surface area contributed by atoms with Crippen molar-refractivity contribution in [2.45, 2.75) is 90.7 Å². The van der Waals surface area contributed by atoms with E-state index >= 15 is 0 Å². The quantitative estimate of drug-likeness (QED) is 0.562. The number of alkyl halides is 3. The Bertz CT molecular complexity index is 1060. The molecule has 4 rings (SSSR count). The van der Waals surface area contributed by atoms with Crippen LogP contribution in [0.5, 0.6) is 0 Å². The Labute approximate surface area is 198 Å². The SMILES string of the molecule is CC[C@]1(C(=O)O)CCCN(c2c(C(C)C)c(C)nc3cc(C4CCC(C(F)(F)F)CC4)nn23)C1. The normalized spacial score (nSPS) is 26.4. The van der Waals surface area contributed by atoms with Gasteiger partial charge in [0.2, 0.25) is 0 Å². The maximum atomic E-state index is 13.1. The average molecular weight is 481 g/mol. The summed E-state index contributed by atoms with van der Waals surface area (Å²) in [6.45, 7) is 9.22. The van der Waals surface area contributed by atoms with Gasteiger partial charge in [0.05, 0.1) is 17.0 Å². The fourth-order valence-electron chi connectivity index (χ4n) is 5.96. The number of aromatic nitrogens is 3. The third kappa shape index (κ3) is 4.38. The van der Waals surface area contributed by atoms with Crippen molar-refractivity contribution in [3.8, 4) is 0 Å². The molecule has 2 fully saturated rings. The molecule has 1 aliphatic carbocycles. The summed E-state index contributed by atoms with van der Waals surface area (Å²) in [6, 6.07) is 1.91. The highest BCUT2D eigenvalue weighted by atomic mass is 19.4. The molecule has 1 N–H and O–H groups in total. The molecule has 0 bridgehead atoms. The zero-order valence-corrected chi connectivity index (χ0v) is 20.5. The van der Waals surface area contributed by atoms with Crippen molar-refractivity contribution in [1.82, 2.24) is 14.6 Å². The molecule has 3 heterocycles. The number of aryl methyl sites for hydroxylation is 1. The van der Waals surface area contributed by atoms with Gasteiger partial charge in [0.15, 0.2) is 5.65 Å². The van der Waals surface area contributed by atoms with E-state index in [9.17, 15) is 23.1 Å². The lowest BCUT2D eigenvalue weighted by Gasteiger charge is -2.41. The second-order valence-electron chi connectivity index (χ2n) is 10.5. The van der Waals surface area contributed by atoms with E-state index in [1.807, 2.05) is 24.4 Å². The first-order valence-electron chi connectivity index (χ1n) is 12.4. The molecule has 1 atom stereocenters. The van der Waals surface area contributed by atoms with Crippen LogP contribution >= 0.6 is 0 Å². The smallest absolute Gasteiger partial charge is 0.391 e. The molecule has 0 radical (unpaired) electrons. The van der Waals surface area contributed by atoms with Crippen molar-refractivity contribution in [3.05, 3.63) is 23.0 Å². The van der Waals surface area contributed by atoms with Gasteiger partial charge in [-0.3, -0.25) is 4.79 Å². The van der Waals surface area contributed by atoms with E-state index in [-0.39, 0.29) is 24.7 Å². The summed E-state index contributed by atoms with van der Waals surface area (Å²) in [5.41, 5.74) is 2.58. The van der Waals surface area contributed by atoms with Gasteiger partial charge in [0.25, 0.3) is 0 Å². The van der Waals surface area contributed by atoms with E-state index in [1.165, 1.54) is 0 Å². The minimum Gasteiger partial charge on any atom is -0.481 e. The van der Waals surface area contributed by atoms with E-state index in [1.54, 1.807) is 0 Å². The van der Waals surface area contributed by atoms with Crippen molar-refractivity contribution in [2.24, 2.45) is 11.3 Å². The monoisotopic (exact) mass is 480 g/mol. The van der Waals surface area contributed by atoms with Crippen molar-refractivity contribution in [2.75, 3.05) is 18.0 Å². The summed E-state index contributed by atoms with van der Waals surface area (Å²) >= 11 is 0. The van der Waals surface area contributed by atoms with Crippen molar-refractivity contribution >= 4 is 17.4 Å². The number of piperidine rings is 1. The van der Waals surface area contributed by atoms with Crippen LogP contribution < -0.4 is 4.90 Å². The number of carboxylic acid groups (broad SMARTS) is 1. The number of halogens is 3. The number of fused-ring (bicyclic) bond motifs is 1. The van der Waals surface area contributed by atoms with Gasteiger partial charge < -0.3 is 10.0 Å². The maximum Gasteiger partial charge on any atom is 0.391 e. The Morgan fingerprint density at radius 2 is 1.94 bits per heavy atom. The average Bonchev–Trinajstić information content (AvgIpc) is 3.20. The summed E-state index contributed by atoms with van der Waals surface area (Å²) in [4.78, 5) is 19.1. The van der Waals surface area contributed by atoms with Gasteiger partial charge in [0, 0.05) is 36.3 Å². The van der Waals surface area contributed by atoms with Gasteiger partial charge in [-0.2, -0.15) is 22.8 Å². The third-order valence-electron chi connectivity index (χ3n) is 8.02. The number of aliphatic carboxylic acids is 1. The topological polar surface area (TPSA) is 70.7 Å². The number of carboxylic acids is 1. The van der Waals surface area contributed by atoms with E-state index in [4.69, 9.17) is 10.1 Å². The van der Waals surface area contributed by atoms with Crippen LogP contribution in [0.1, 0.15) is 94.5 Å². The molecule has 6 nitrogen and oxygen atoms in total. The zero-order valence-electron chi connectivity index (χ0n) is 20.5. The lowest BCUT2D eigenvalue weighted by molar-refractivity contribution is -0.182. The fraction of sp³-hybridized carbons (Fsp3) is 0.720. The number of nitrogens with zero attached hydrogens (tertiary/aromatic N) is 4. The predicted molar refractivity (Wildman–Crippen MR) is 124 cm³/mol. The van der Waals surface area contributed by atoms with Crippen LogP contribution in [0.2, 0.25) is 0 Å². The molecule has 34 heavy (non-hydrogen) atoms. The molecule has 2 aromatic heterocycles. The standard InChI is InChI=1S/C25H35F3N4O2/c1-5-24(23(33)34)11-6-12-31(14-24)22-21(15(2)3)16(4)29-20-13-19(30-32(20)22)17-7-9-18(10-8-17)25(26,27)28/h13,15,17-18H,5-12,14H2,1-4H3,(H,33,34)/t17?,18?,24-/m0/s1. The minimum absolute atomic E-state index is 0.0222. The Morgan fingerprint density at radius 3 is 2.50 bits per heavy atom. The number of rotatable bonds is 5. The van der Waals surface area contributed by atoms with Crippen LogP contribution in [0.3, 0.4) is 0 Å². The van der Waals surface area contributed by atoms with Gasteiger partial charge >= 0.3 is 12.1 Å². The highest BCUT2D eigenvalue weighted by molar-refractivity contribution is 5.76. The molecular formula is C25H35F3N4O2. The van der Waals surface area contributed by atoms with Gasteiger partial charge in [0.1, 0.15) is 5.82 Å². The summed E-state index contributed by atoms with van der Waals surface area (Å²) in [5, 5.41) is 14.9. The first-order chi connectivity index (χ1) is 16.0. The molecule has 0 aromatic carbocycles. The number of carbonyl (C=O) groups is 1. The van der Waals surface area contributed by atoms with Crippen molar-refractivity contribution in [1.29, 1.82) is 0 Å². The van der Waals surface area contributed by atoms with Crippen LogP contribution in [0, 0.1) is 18.3 Å². The van der Waals surface area contributed by atoms with Crippen LogP contribution in [0.4, 0.5) is 19.0 Å². The van der Waals surface area contributed by atoms with E-state index < -0.39 is 23.5 Å². The maximum absolute atomic E-state index is 13.1. The van der Waals surface area contributed by atoms with Crippen LogP contribution in [-0.2, 0) is 4.79 Å². The summed E-state index contributed by atoms with van der Waals surface area (Å²) in [7, 11) is 0. The highest BCUT2D eigenvalue weighted by Gasteiger charge is 2.43. The lowest BCUT2D eigenvalue weighted by Crippen LogP contribution is -2.48. The molecule has 2 aromatic rings. The first-order valence-corrected chi connectivity index (χ1v) is 12.4. The Hall–Kier alpha value is -2.32. The van der Waals surface area contributed by atoms with Crippen LogP contribution in [0.25, 0.3) is 5.65 Å². The first kappa shape index (κ1) is 24.8. The van der Waals surface area contributed by atoms with Gasteiger partial charge in [-0.1, -0.05) is 20.8 Å². The van der Waals surface area contributed by atoms with Crippen molar-refractivity contribution < 1.29 is 23.1 Å². The Morgan fingerprint density at radius 1 is 1.26 bits per heavy atom. The van der Waals surface area contributed by atoms with Gasteiger partial charge in [-0.25, -0.2) is 4.98 Å². The second kappa shape index (κ2) is 9.04. The predicted octanol–water partition coefficient (Wildman–Crippen LogP) is 6.08. The second-order valence-corrected chi connectivity index (χ2v) is 10.5. The van der Waals surface area contributed by atoms with Crippen molar-refractivity contribution in [3.63, 3.8) is 0 Å². The molecule has 1 saturated heterocycles. The fourth-order valence-corrected chi connectivity index (χ4v) is 5.96. The summed E-state index contributed by atoms with van der Waals surface area (Å²) in [5.74, 6) is -0.978. The largest absolute Gasteiger partial charge is 0.481 e. The summed E-state index contributed by atoms with van der Waals surface area (Å²) in [6.07, 6.45) is -0.989. The summed E-state index contributed by atoms with van der Waals surface area (Å²) < 4.78 is 41.2. The third-order valence-corrected chi connectivity index (χ3v) is 8.02. The molecule has 1 aliphatic heterocycles. The zero-order chi connectivity index (χ0) is 24.8. The number of hydrogen-bond acceptors (Lipinski definition) is 4. The Kier molecular flexibility index (Phi) is 6.59. The van der Waals surface area contributed by atoms with E-state index in [0.717, 1.165) is 35.7 Å². The molecule has 2 aliphatic rings. The number of anilines is 1. The molecule has 188 valence electrons. The van der Waals surface area contributed by atoms with Gasteiger partial charge in [-0.05, 0) is 57.8 Å². The highest BCUT2D eigenvalue weighted by Crippen LogP contribution is 2.44. The lowest BCUT2D eigenvalue weighted by atomic mass is 9.77. The molecule has 0 unspecified atom stereocenters. The van der Waals surface area contributed by atoms with Crippen LogP contribution in [0.15, 0.2) is 6.07 Å². The Balaban J connectivity index is 1.74. The van der Waals surface area contributed by atoms with E-state index in [0.29, 0.717) is 37.9 Å². The molecule has 1 saturated carbocycles. The number of hydrogen-bond donors (Lipinski definition) is 1. The minimum atomic E-state index is -4.13. The molecule has 0 amide bonds.